The van der Waals surface area contributed by atoms with Crippen LogP contribution in [-0.4, -0.2) is 16.6 Å². The number of carbonyl (C=O) groups is 1. The largest absolute Gasteiger partial charge is 0.323 e. The fourth-order valence-electron chi connectivity index (χ4n) is 1.47. The van der Waals surface area contributed by atoms with Gasteiger partial charge in [-0.3, -0.25) is 4.79 Å². The summed E-state index contributed by atoms with van der Waals surface area (Å²) in [5, 5.41) is 5.55. The number of thioether (sulfide) groups is 1. The Bertz CT molecular complexity index is 571. The molecule has 1 aromatic carbocycles. The Morgan fingerprint density at radius 2 is 2.26 bits per heavy atom. The van der Waals surface area contributed by atoms with Gasteiger partial charge in [0, 0.05) is 11.1 Å². The van der Waals surface area contributed by atoms with Gasteiger partial charge in [-0.05, 0) is 19.1 Å². The van der Waals surface area contributed by atoms with E-state index in [0.29, 0.717) is 5.75 Å². The van der Waals surface area contributed by atoms with E-state index in [0.717, 1.165) is 10.7 Å². The monoisotopic (exact) mass is 296 g/mol. The lowest BCUT2D eigenvalue weighted by Gasteiger charge is -2.05. The molecule has 1 N–H and O–H groups in total. The number of aromatic nitrogens is 1. The zero-order valence-electron chi connectivity index (χ0n) is 10.4. The number of para-hydroxylation sites is 1. The first kappa shape index (κ1) is 14.0. The summed E-state index contributed by atoms with van der Waals surface area (Å²) in [6.45, 7) is 1.95. The number of benzene rings is 1. The highest BCUT2D eigenvalue weighted by Crippen LogP contribution is 2.16. The summed E-state index contributed by atoms with van der Waals surface area (Å²) < 4.78 is 13.3. The Morgan fingerprint density at radius 3 is 2.95 bits per heavy atom. The van der Waals surface area contributed by atoms with Crippen LogP contribution in [-0.2, 0) is 10.5 Å². The van der Waals surface area contributed by atoms with E-state index < -0.39 is 5.82 Å². The summed E-state index contributed by atoms with van der Waals surface area (Å²) in [5.74, 6) is 0.345. The van der Waals surface area contributed by atoms with Crippen LogP contribution in [0, 0.1) is 12.7 Å². The average Bonchev–Trinajstić information content (AvgIpc) is 2.78. The highest BCUT2D eigenvalue weighted by Gasteiger charge is 2.07. The fraction of sp³-hybridized carbons (Fsp3) is 0.231. The molecule has 0 saturated heterocycles. The van der Waals surface area contributed by atoms with Crippen molar-refractivity contribution < 1.29 is 9.18 Å². The average molecular weight is 296 g/mol. The van der Waals surface area contributed by atoms with Crippen LogP contribution in [0.4, 0.5) is 10.1 Å². The van der Waals surface area contributed by atoms with E-state index in [9.17, 15) is 9.18 Å². The van der Waals surface area contributed by atoms with Gasteiger partial charge in [0.05, 0.1) is 22.1 Å². The van der Waals surface area contributed by atoms with E-state index in [4.69, 9.17) is 0 Å². The summed E-state index contributed by atoms with van der Waals surface area (Å²) >= 11 is 3.06. The van der Waals surface area contributed by atoms with Gasteiger partial charge in [0.1, 0.15) is 5.82 Å². The third-order valence-corrected chi connectivity index (χ3v) is 4.09. The van der Waals surface area contributed by atoms with Crippen molar-refractivity contribution in [2.75, 3.05) is 11.1 Å². The maximum Gasteiger partial charge on any atom is 0.234 e. The molecule has 0 bridgehead atoms. The molecular weight excluding hydrogens is 283 g/mol. The molecule has 1 aromatic heterocycles. The number of rotatable bonds is 5. The van der Waals surface area contributed by atoms with Crippen LogP contribution < -0.4 is 5.32 Å². The van der Waals surface area contributed by atoms with E-state index in [1.165, 1.54) is 17.8 Å². The summed E-state index contributed by atoms with van der Waals surface area (Å²) in [7, 11) is 0. The van der Waals surface area contributed by atoms with Crippen LogP contribution >= 0.6 is 23.1 Å². The Hall–Kier alpha value is -1.40. The number of hydrogen-bond acceptors (Lipinski definition) is 4. The maximum atomic E-state index is 13.3. The zero-order chi connectivity index (χ0) is 13.7. The number of nitrogens with one attached hydrogen (secondary N) is 1. The van der Waals surface area contributed by atoms with Crippen molar-refractivity contribution in [2.24, 2.45) is 0 Å². The molecule has 6 heteroatoms. The standard InChI is InChI=1S/C13H13FN2OS2/c1-9-15-10(7-19-9)6-18-8-13(17)16-12-5-3-2-4-11(12)14/h2-5,7H,6,8H2,1H3,(H,16,17). The smallest absolute Gasteiger partial charge is 0.234 e. The molecule has 0 unspecified atom stereocenters. The van der Waals surface area contributed by atoms with Crippen molar-refractivity contribution in [3.8, 4) is 0 Å². The van der Waals surface area contributed by atoms with Gasteiger partial charge in [-0.25, -0.2) is 9.37 Å². The zero-order valence-corrected chi connectivity index (χ0v) is 12.0. The highest BCUT2D eigenvalue weighted by molar-refractivity contribution is 7.99. The highest BCUT2D eigenvalue weighted by atomic mass is 32.2. The van der Waals surface area contributed by atoms with Crippen LogP contribution in [0.25, 0.3) is 0 Å². The first-order chi connectivity index (χ1) is 9.15. The minimum Gasteiger partial charge on any atom is -0.323 e. The van der Waals surface area contributed by atoms with Gasteiger partial charge in [-0.15, -0.1) is 23.1 Å². The lowest BCUT2D eigenvalue weighted by molar-refractivity contribution is -0.113. The van der Waals surface area contributed by atoms with E-state index in [1.54, 1.807) is 29.5 Å². The third kappa shape index (κ3) is 4.33. The number of anilines is 1. The van der Waals surface area contributed by atoms with Crippen LogP contribution in [0.3, 0.4) is 0 Å². The number of halogens is 1. The summed E-state index contributed by atoms with van der Waals surface area (Å²) in [4.78, 5) is 16.0. The Kier molecular flexibility index (Phi) is 4.93. The second-order valence-corrected chi connectivity index (χ2v) is 5.93. The van der Waals surface area contributed by atoms with Crippen molar-refractivity contribution in [3.63, 3.8) is 0 Å². The fourth-order valence-corrected chi connectivity index (χ4v) is 2.91. The molecule has 3 nitrogen and oxygen atoms in total. The van der Waals surface area contributed by atoms with Gasteiger partial charge in [0.15, 0.2) is 0 Å². The third-order valence-electron chi connectivity index (χ3n) is 2.30. The first-order valence-corrected chi connectivity index (χ1v) is 7.71. The summed E-state index contributed by atoms with van der Waals surface area (Å²) in [5.41, 5.74) is 1.20. The molecule has 0 saturated carbocycles. The maximum absolute atomic E-state index is 13.3. The van der Waals surface area contributed by atoms with E-state index >= 15 is 0 Å². The van der Waals surface area contributed by atoms with E-state index in [1.807, 2.05) is 12.3 Å². The second-order valence-electron chi connectivity index (χ2n) is 3.88. The van der Waals surface area contributed by atoms with Crippen LogP contribution in [0.15, 0.2) is 29.6 Å². The normalized spacial score (nSPS) is 10.4. The quantitative estimate of drug-likeness (QED) is 0.918. The molecular formula is C13H13FN2OS2. The molecule has 1 heterocycles. The molecule has 0 aliphatic rings. The molecule has 0 atom stereocenters. The first-order valence-electron chi connectivity index (χ1n) is 5.68. The van der Waals surface area contributed by atoms with Crippen LogP contribution in [0.2, 0.25) is 0 Å². The van der Waals surface area contributed by atoms with Gasteiger partial charge in [-0.2, -0.15) is 0 Å². The van der Waals surface area contributed by atoms with Gasteiger partial charge < -0.3 is 5.32 Å². The van der Waals surface area contributed by atoms with Crippen molar-refractivity contribution in [2.45, 2.75) is 12.7 Å². The molecule has 0 aliphatic heterocycles. The number of thiazole rings is 1. The second kappa shape index (κ2) is 6.68. The van der Waals surface area contributed by atoms with Crippen LogP contribution in [0.5, 0.6) is 0 Å². The summed E-state index contributed by atoms with van der Waals surface area (Å²) in [6.07, 6.45) is 0. The van der Waals surface area contributed by atoms with E-state index in [-0.39, 0.29) is 17.3 Å². The Balaban J connectivity index is 1.77. The van der Waals surface area contributed by atoms with Crippen molar-refractivity contribution >= 4 is 34.7 Å². The predicted octanol–water partition coefficient (Wildman–Crippen LogP) is 3.46. The minimum atomic E-state index is -0.420. The molecule has 2 aromatic rings. The number of hydrogen-bond donors (Lipinski definition) is 1. The molecule has 1 amide bonds. The number of nitrogens with zero attached hydrogens (tertiary/aromatic N) is 1. The molecule has 0 fully saturated rings. The van der Waals surface area contributed by atoms with Crippen LogP contribution in [0.1, 0.15) is 10.7 Å². The molecule has 2 rings (SSSR count). The van der Waals surface area contributed by atoms with Crippen molar-refractivity contribution in [3.05, 3.63) is 46.2 Å². The van der Waals surface area contributed by atoms with Gasteiger partial charge in [-0.1, -0.05) is 12.1 Å². The van der Waals surface area contributed by atoms with Gasteiger partial charge in [0.2, 0.25) is 5.91 Å². The molecule has 0 spiro atoms. The SMILES string of the molecule is Cc1nc(CSCC(=O)Nc2ccccc2F)cs1. The predicted molar refractivity (Wildman–Crippen MR) is 78.0 cm³/mol. The Morgan fingerprint density at radius 1 is 1.47 bits per heavy atom. The van der Waals surface area contributed by atoms with E-state index in [2.05, 4.69) is 10.3 Å². The molecule has 0 radical (unpaired) electrons. The van der Waals surface area contributed by atoms with Crippen molar-refractivity contribution in [1.29, 1.82) is 0 Å². The number of amides is 1. The molecule has 100 valence electrons. The lowest BCUT2D eigenvalue weighted by atomic mass is 10.3. The lowest BCUT2D eigenvalue weighted by Crippen LogP contribution is -2.15. The van der Waals surface area contributed by atoms with Gasteiger partial charge in [0.25, 0.3) is 0 Å². The van der Waals surface area contributed by atoms with Crippen molar-refractivity contribution in [1.82, 2.24) is 4.98 Å². The number of aryl methyl sites for hydroxylation is 1. The molecule has 0 aliphatic carbocycles. The molecule has 19 heavy (non-hydrogen) atoms. The minimum absolute atomic E-state index is 0.206. The number of carbonyl (C=O) groups excluding carboxylic acids is 1. The summed E-state index contributed by atoms with van der Waals surface area (Å²) in [6, 6.07) is 6.14. The topological polar surface area (TPSA) is 42.0 Å². The van der Waals surface area contributed by atoms with Gasteiger partial charge >= 0.3 is 0 Å². The Labute approximate surface area is 119 Å².